The zero-order chi connectivity index (χ0) is 15.7. The van der Waals surface area contributed by atoms with Crippen molar-refractivity contribution in [2.75, 3.05) is 20.1 Å². The smallest absolute Gasteiger partial charge is 0.208 e. The lowest BCUT2D eigenvalue weighted by molar-refractivity contribution is 0.204. The van der Waals surface area contributed by atoms with Crippen LogP contribution < -0.4 is 0 Å². The number of aryl methyl sites for hydroxylation is 3. The van der Waals surface area contributed by atoms with Crippen molar-refractivity contribution in [2.24, 2.45) is 0 Å². The lowest BCUT2D eigenvalue weighted by Crippen LogP contribution is -2.34. The summed E-state index contributed by atoms with van der Waals surface area (Å²) in [4.78, 5) is 15.1. The number of hydrogen-bond acceptors (Lipinski definition) is 6. The number of aromatic nitrogens is 2. The summed E-state index contributed by atoms with van der Waals surface area (Å²) in [5.74, 6) is 1.69. The minimum atomic E-state index is 0.571. The van der Waals surface area contributed by atoms with Crippen LogP contribution in [0, 0.1) is 20.8 Å². The Kier molecular flexibility index (Phi) is 4.61. The average molecular weight is 320 g/mol. The van der Waals surface area contributed by atoms with Gasteiger partial charge in [0.1, 0.15) is 5.76 Å². The standard InChI is InChI=1S/C16H24N4OS/c1-11-7-17-16(21-11)10-19(4)14-5-6-20(8-14)9-15-12(2)18-13(3)22-15/h7,14H,5-6,8-10H2,1-4H3/t14-/m1/s1. The molecule has 0 bridgehead atoms. The molecule has 0 aliphatic carbocycles. The number of likely N-dealkylation sites (tertiary alicyclic amines) is 1. The van der Waals surface area contributed by atoms with Crippen molar-refractivity contribution in [2.45, 2.75) is 46.3 Å². The number of nitrogens with zero attached hydrogens (tertiary/aromatic N) is 4. The number of hydrogen-bond donors (Lipinski definition) is 0. The van der Waals surface area contributed by atoms with Crippen LogP contribution in [0.2, 0.25) is 0 Å². The summed E-state index contributed by atoms with van der Waals surface area (Å²) in [5.41, 5.74) is 1.19. The van der Waals surface area contributed by atoms with Gasteiger partial charge in [0.15, 0.2) is 0 Å². The van der Waals surface area contributed by atoms with Gasteiger partial charge >= 0.3 is 0 Å². The summed E-state index contributed by atoms with van der Waals surface area (Å²) in [5, 5.41) is 1.17. The Balaban J connectivity index is 1.54. The molecule has 5 nitrogen and oxygen atoms in total. The van der Waals surface area contributed by atoms with Crippen LogP contribution >= 0.6 is 11.3 Å². The first-order valence-corrected chi connectivity index (χ1v) is 8.59. The Bertz CT molecular complexity index is 636. The summed E-state index contributed by atoms with van der Waals surface area (Å²) in [7, 11) is 2.16. The Morgan fingerprint density at radius 2 is 2.23 bits per heavy atom. The van der Waals surface area contributed by atoms with Crippen molar-refractivity contribution in [1.29, 1.82) is 0 Å². The summed E-state index contributed by atoms with van der Waals surface area (Å²) in [6, 6.07) is 0.571. The molecule has 0 N–H and O–H groups in total. The van der Waals surface area contributed by atoms with Gasteiger partial charge in [0.2, 0.25) is 5.89 Å². The molecule has 0 amide bonds. The van der Waals surface area contributed by atoms with E-state index >= 15 is 0 Å². The summed E-state index contributed by atoms with van der Waals surface area (Å²) in [6.45, 7) is 10.2. The molecule has 120 valence electrons. The second kappa shape index (κ2) is 6.48. The molecule has 0 unspecified atom stereocenters. The van der Waals surface area contributed by atoms with E-state index in [1.807, 2.05) is 18.3 Å². The van der Waals surface area contributed by atoms with Crippen molar-refractivity contribution in [3.05, 3.63) is 33.4 Å². The predicted octanol–water partition coefficient (Wildman–Crippen LogP) is 2.76. The third-order valence-corrected chi connectivity index (χ3v) is 5.35. The molecule has 2 aromatic heterocycles. The van der Waals surface area contributed by atoms with E-state index in [0.29, 0.717) is 6.04 Å². The first kappa shape index (κ1) is 15.6. The van der Waals surface area contributed by atoms with E-state index < -0.39 is 0 Å². The number of likely N-dealkylation sites (N-methyl/N-ethyl adjacent to an activating group) is 1. The van der Waals surface area contributed by atoms with Crippen LogP contribution in [0.5, 0.6) is 0 Å². The molecule has 1 aliphatic rings. The predicted molar refractivity (Wildman–Crippen MR) is 88.0 cm³/mol. The zero-order valence-electron chi connectivity index (χ0n) is 13.8. The van der Waals surface area contributed by atoms with E-state index in [-0.39, 0.29) is 0 Å². The lowest BCUT2D eigenvalue weighted by atomic mass is 10.2. The molecule has 1 atom stereocenters. The van der Waals surface area contributed by atoms with Crippen molar-refractivity contribution in [1.82, 2.24) is 19.8 Å². The first-order chi connectivity index (χ1) is 10.5. The molecular weight excluding hydrogens is 296 g/mol. The molecular formula is C16H24N4OS. The fourth-order valence-corrected chi connectivity index (χ4v) is 4.04. The fraction of sp³-hybridized carbons (Fsp3) is 0.625. The average Bonchev–Trinajstić information content (AvgIpc) is 3.13. The molecule has 0 spiro atoms. The van der Waals surface area contributed by atoms with Crippen LogP contribution in [0.25, 0.3) is 0 Å². The molecule has 2 aromatic rings. The highest BCUT2D eigenvalue weighted by Crippen LogP contribution is 2.23. The van der Waals surface area contributed by atoms with E-state index in [2.05, 4.69) is 40.7 Å². The SMILES string of the molecule is Cc1cnc(CN(C)[C@@H]2CCN(Cc3sc(C)nc3C)C2)o1. The van der Waals surface area contributed by atoms with Gasteiger partial charge in [-0.2, -0.15) is 0 Å². The highest BCUT2D eigenvalue weighted by molar-refractivity contribution is 7.11. The van der Waals surface area contributed by atoms with E-state index in [0.717, 1.165) is 37.8 Å². The Labute approximate surface area is 136 Å². The molecule has 1 saturated heterocycles. The molecule has 0 aromatic carbocycles. The summed E-state index contributed by atoms with van der Waals surface area (Å²) in [6.07, 6.45) is 2.99. The maximum absolute atomic E-state index is 5.58. The number of rotatable bonds is 5. The normalized spacial score (nSPS) is 19.4. The minimum Gasteiger partial charge on any atom is -0.445 e. The van der Waals surface area contributed by atoms with Crippen LogP contribution in [-0.2, 0) is 13.1 Å². The van der Waals surface area contributed by atoms with Gasteiger partial charge in [0.05, 0.1) is 23.4 Å². The van der Waals surface area contributed by atoms with Gasteiger partial charge < -0.3 is 4.42 Å². The van der Waals surface area contributed by atoms with Gasteiger partial charge in [-0.05, 0) is 34.2 Å². The fourth-order valence-electron chi connectivity index (χ4n) is 3.06. The quantitative estimate of drug-likeness (QED) is 0.847. The third-order valence-electron chi connectivity index (χ3n) is 4.29. The topological polar surface area (TPSA) is 45.4 Å². The van der Waals surface area contributed by atoms with Gasteiger partial charge in [-0.15, -0.1) is 11.3 Å². The first-order valence-electron chi connectivity index (χ1n) is 7.78. The minimum absolute atomic E-state index is 0.571. The van der Waals surface area contributed by atoms with Crippen LogP contribution in [0.4, 0.5) is 0 Å². The maximum Gasteiger partial charge on any atom is 0.208 e. The second-order valence-electron chi connectivity index (χ2n) is 6.20. The van der Waals surface area contributed by atoms with Crippen LogP contribution in [0.15, 0.2) is 10.6 Å². The van der Waals surface area contributed by atoms with E-state index in [4.69, 9.17) is 4.42 Å². The van der Waals surface area contributed by atoms with Crippen molar-refractivity contribution in [3.8, 4) is 0 Å². The van der Waals surface area contributed by atoms with Gasteiger partial charge in [-0.1, -0.05) is 0 Å². The Hall–Kier alpha value is -1.24. The molecule has 1 aliphatic heterocycles. The van der Waals surface area contributed by atoms with E-state index in [1.165, 1.54) is 22.0 Å². The Morgan fingerprint density at radius 1 is 1.41 bits per heavy atom. The number of oxazole rings is 1. The lowest BCUT2D eigenvalue weighted by Gasteiger charge is -2.23. The summed E-state index contributed by atoms with van der Waals surface area (Å²) < 4.78 is 5.58. The van der Waals surface area contributed by atoms with Crippen molar-refractivity contribution in [3.63, 3.8) is 0 Å². The molecule has 1 fully saturated rings. The molecule has 3 heterocycles. The Morgan fingerprint density at radius 3 is 2.86 bits per heavy atom. The molecule has 6 heteroatoms. The van der Waals surface area contributed by atoms with Gasteiger partial charge in [-0.25, -0.2) is 9.97 Å². The number of thiazole rings is 1. The van der Waals surface area contributed by atoms with Gasteiger partial charge in [-0.3, -0.25) is 9.80 Å². The molecule has 3 rings (SSSR count). The van der Waals surface area contributed by atoms with E-state index in [1.54, 1.807) is 6.20 Å². The second-order valence-corrected chi connectivity index (χ2v) is 7.49. The van der Waals surface area contributed by atoms with Crippen LogP contribution in [0.1, 0.15) is 33.7 Å². The molecule has 0 saturated carbocycles. The molecule has 22 heavy (non-hydrogen) atoms. The maximum atomic E-state index is 5.58. The van der Waals surface area contributed by atoms with Gasteiger partial charge in [0.25, 0.3) is 0 Å². The van der Waals surface area contributed by atoms with Crippen molar-refractivity contribution >= 4 is 11.3 Å². The highest BCUT2D eigenvalue weighted by Gasteiger charge is 2.27. The summed E-state index contributed by atoms with van der Waals surface area (Å²) >= 11 is 1.82. The monoisotopic (exact) mass is 320 g/mol. The third kappa shape index (κ3) is 3.56. The molecule has 0 radical (unpaired) electrons. The zero-order valence-corrected chi connectivity index (χ0v) is 14.6. The van der Waals surface area contributed by atoms with Crippen LogP contribution in [0.3, 0.4) is 0 Å². The van der Waals surface area contributed by atoms with E-state index in [9.17, 15) is 0 Å². The van der Waals surface area contributed by atoms with Crippen LogP contribution in [-0.4, -0.2) is 45.9 Å². The highest BCUT2D eigenvalue weighted by atomic mass is 32.1. The largest absolute Gasteiger partial charge is 0.445 e. The van der Waals surface area contributed by atoms with Gasteiger partial charge in [0, 0.05) is 30.6 Å². The van der Waals surface area contributed by atoms with Crippen molar-refractivity contribution < 1.29 is 4.42 Å².